The fourth-order valence-corrected chi connectivity index (χ4v) is 11.7. The van der Waals surface area contributed by atoms with Crippen molar-refractivity contribution < 1.29 is 4.42 Å². The molecule has 63 heavy (non-hydrogen) atoms. The Hall–Kier alpha value is -8.14. The predicted molar refractivity (Wildman–Crippen MR) is 254 cm³/mol. The maximum absolute atomic E-state index is 6.65. The van der Waals surface area contributed by atoms with E-state index in [4.69, 9.17) is 14.4 Å². The second-order valence-electron chi connectivity index (χ2n) is 17.1. The lowest BCUT2D eigenvalue weighted by molar-refractivity contribution is 0.633. The van der Waals surface area contributed by atoms with Crippen molar-refractivity contribution in [2.45, 2.75) is 10.8 Å². The van der Waals surface area contributed by atoms with Crippen molar-refractivity contribution in [3.8, 4) is 56.2 Å². The highest BCUT2D eigenvalue weighted by Crippen LogP contribution is 2.68. The van der Waals surface area contributed by atoms with Crippen molar-refractivity contribution in [2.75, 3.05) is 0 Å². The van der Waals surface area contributed by atoms with Crippen molar-refractivity contribution in [3.05, 3.63) is 263 Å². The van der Waals surface area contributed by atoms with E-state index >= 15 is 0 Å². The van der Waals surface area contributed by atoms with E-state index in [0.717, 1.165) is 50.0 Å². The van der Waals surface area contributed by atoms with Crippen molar-refractivity contribution in [2.24, 2.45) is 0 Å². The Morgan fingerprint density at radius 1 is 0.286 bits per heavy atom. The molecule has 3 nitrogen and oxygen atoms in total. The molecule has 2 aromatic heterocycles. The van der Waals surface area contributed by atoms with Crippen molar-refractivity contribution in [1.29, 1.82) is 0 Å². The fraction of sp³-hybridized carbons (Fsp3) is 0.0333. The average molecular weight is 801 g/mol. The minimum atomic E-state index is -0.685. The van der Waals surface area contributed by atoms with Gasteiger partial charge in [0.1, 0.15) is 11.2 Å². The third kappa shape index (κ3) is 4.48. The normalized spacial score (nSPS) is 14.3. The van der Waals surface area contributed by atoms with Crippen LogP contribution in [0.4, 0.5) is 0 Å². The predicted octanol–water partition coefficient (Wildman–Crippen LogP) is 14.4. The van der Waals surface area contributed by atoms with Gasteiger partial charge >= 0.3 is 0 Å². The lowest BCUT2D eigenvalue weighted by atomic mass is 9.52. The van der Waals surface area contributed by atoms with Gasteiger partial charge in [-0.2, -0.15) is 0 Å². The number of hydrogen-bond donors (Lipinski definition) is 0. The number of hydrogen-bond acceptors (Lipinski definition) is 3. The zero-order chi connectivity index (χ0) is 41.3. The number of nitrogens with zero attached hydrogens (tertiary/aromatic N) is 2. The minimum absolute atomic E-state index is 0.527. The molecule has 0 saturated carbocycles. The SMILES string of the molecule is c1ccc(-c2cc(-c3ccc4c(c3)C3(c5cc6c(cc5-4)oc4ccccc46)c4ccccc4C4(c5ccccc5-c5ccccc54)c4ccccc43)nc(-c3ccccc3)n2)cc1. The Morgan fingerprint density at radius 3 is 1.40 bits per heavy atom. The first kappa shape index (κ1) is 34.6. The minimum Gasteiger partial charge on any atom is -0.456 e. The van der Waals surface area contributed by atoms with Gasteiger partial charge in [-0.05, 0) is 97.1 Å². The van der Waals surface area contributed by atoms with Gasteiger partial charge in [-0.15, -0.1) is 0 Å². The number of para-hydroxylation sites is 1. The Morgan fingerprint density at radius 2 is 0.762 bits per heavy atom. The van der Waals surface area contributed by atoms with E-state index in [1.54, 1.807) is 0 Å². The molecule has 0 fully saturated rings. The molecule has 0 N–H and O–H groups in total. The lowest BCUT2D eigenvalue weighted by Crippen LogP contribution is -2.43. The molecule has 0 radical (unpaired) electrons. The molecule has 292 valence electrons. The van der Waals surface area contributed by atoms with Gasteiger partial charge in [0.2, 0.25) is 0 Å². The average Bonchev–Trinajstić information content (AvgIpc) is 3.97. The summed E-state index contributed by atoms with van der Waals surface area (Å²) >= 11 is 0. The Labute approximate surface area is 364 Å². The van der Waals surface area contributed by atoms with E-state index in [-0.39, 0.29) is 0 Å². The van der Waals surface area contributed by atoms with Crippen LogP contribution in [0, 0.1) is 0 Å². The Kier molecular flexibility index (Phi) is 6.97. The highest BCUT2D eigenvalue weighted by molar-refractivity contribution is 6.08. The molecule has 2 spiro atoms. The zero-order valence-corrected chi connectivity index (χ0v) is 34.1. The van der Waals surface area contributed by atoms with Crippen LogP contribution in [0.5, 0.6) is 0 Å². The molecule has 3 aliphatic rings. The van der Waals surface area contributed by atoms with E-state index in [1.165, 1.54) is 66.8 Å². The van der Waals surface area contributed by atoms with E-state index in [1.807, 2.05) is 12.1 Å². The molecule has 9 aromatic carbocycles. The molecular formula is C60H36N2O. The second kappa shape index (κ2) is 12.7. The summed E-state index contributed by atoms with van der Waals surface area (Å²) in [7, 11) is 0. The Balaban J connectivity index is 1.11. The van der Waals surface area contributed by atoms with Crippen molar-refractivity contribution in [1.82, 2.24) is 9.97 Å². The van der Waals surface area contributed by atoms with Gasteiger partial charge in [0, 0.05) is 27.5 Å². The topological polar surface area (TPSA) is 38.9 Å². The van der Waals surface area contributed by atoms with E-state index in [2.05, 4.69) is 206 Å². The van der Waals surface area contributed by atoms with Crippen molar-refractivity contribution >= 4 is 21.9 Å². The van der Waals surface area contributed by atoms with Crippen LogP contribution in [-0.4, -0.2) is 9.97 Å². The summed E-state index contributed by atoms with van der Waals surface area (Å²) in [6.45, 7) is 0. The molecule has 2 heterocycles. The van der Waals surface area contributed by atoms with Crippen LogP contribution in [0.15, 0.2) is 223 Å². The quantitative estimate of drug-likeness (QED) is 0.179. The number of aromatic nitrogens is 2. The first-order chi connectivity index (χ1) is 31.2. The molecular weight excluding hydrogens is 765 g/mol. The van der Waals surface area contributed by atoms with E-state index in [9.17, 15) is 0 Å². The van der Waals surface area contributed by atoms with Crippen molar-refractivity contribution in [3.63, 3.8) is 0 Å². The molecule has 0 aliphatic heterocycles. The smallest absolute Gasteiger partial charge is 0.160 e. The van der Waals surface area contributed by atoms with Gasteiger partial charge in [0.05, 0.1) is 22.2 Å². The molecule has 0 amide bonds. The highest BCUT2D eigenvalue weighted by Gasteiger charge is 2.59. The van der Waals surface area contributed by atoms with Crippen LogP contribution < -0.4 is 0 Å². The van der Waals surface area contributed by atoms with Crippen LogP contribution in [0.3, 0.4) is 0 Å². The fourth-order valence-electron chi connectivity index (χ4n) is 11.7. The van der Waals surface area contributed by atoms with Crippen LogP contribution in [0.1, 0.15) is 44.5 Å². The summed E-state index contributed by atoms with van der Waals surface area (Å²) in [5.74, 6) is 0.701. The van der Waals surface area contributed by atoms with Gasteiger partial charge in [-0.1, -0.05) is 188 Å². The first-order valence-electron chi connectivity index (χ1n) is 21.7. The number of benzene rings is 9. The lowest BCUT2D eigenvalue weighted by Gasteiger charge is -2.48. The summed E-state index contributed by atoms with van der Waals surface area (Å²) in [6, 6.07) is 79.8. The summed E-state index contributed by atoms with van der Waals surface area (Å²) in [5.41, 5.74) is 20.7. The summed E-state index contributed by atoms with van der Waals surface area (Å²) < 4.78 is 6.65. The van der Waals surface area contributed by atoms with Gasteiger partial charge in [0.25, 0.3) is 0 Å². The van der Waals surface area contributed by atoms with Crippen LogP contribution in [0.2, 0.25) is 0 Å². The third-order valence-electron chi connectivity index (χ3n) is 14.2. The summed E-state index contributed by atoms with van der Waals surface area (Å²) in [6.07, 6.45) is 0. The summed E-state index contributed by atoms with van der Waals surface area (Å²) in [5, 5.41) is 2.25. The van der Waals surface area contributed by atoms with Gasteiger partial charge in [-0.25, -0.2) is 9.97 Å². The molecule has 0 bridgehead atoms. The van der Waals surface area contributed by atoms with E-state index in [0.29, 0.717) is 5.82 Å². The van der Waals surface area contributed by atoms with Gasteiger partial charge < -0.3 is 4.42 Å². The van der Waals surface area contributed by atoms with E-state index < -0.39 is 10.8 Å². The Bertz CT molecular complexity index is 3540. The second-order valence-corrected chi connectivity index (χ2v) is 17.1. The number of fused-ring (bicyclic) bond motifs is 19. The zero-order valence-electron chi connectivity index (χ0n) is 34.1. The molecule has 0 atom stereocenters. The highest BCUT2D eigenvalue weighted by atomic mass is 16.3. The maximum Gasteiger partial charge on any atom is 0.160 e. The third-order valence-corrected chi connectivity index (χ3v) is 14.2. The van der Waals surface area contributed by atoms with Crippen LogP contribution in [0.25, 0.3) is 78.1 Å². The number of furan rings is 1. The summed E-state index contributed by atoms with van der Waals surface area (Å²) in [4.78, 5) is 10.5. The number of rotatable bonds is 3. The molecule has 3 aliphatic carbocycles. The van der Waals surface area contributed by atoms with Crippen LogP contribution in [-0.2, 0) is 10.8 Å². The molecule has 3 heteroatoms. The van der Waals surface area contributed by atoms with Crippen LogP contribution >= 0.6 is 0 Å². The maximum atomic E-state index is 6.65. The molecule has 0 unspecified atom stereocenters. The molecule has 14 rings (SSSR count). The van der Waals surface area contributed by atoms with Gasteiger partial charge in [-0.3, -0.25) is 0 Å². The largest absolute Gasteiger partial charge is 0.456 e. The first-order valence-corrected chi connectivity index (χ1v) is 21.7. The van der Waals surface area contributed by atoms with Gasteiger partial charge in [0.15, 0.2) is 5.82 Å². The molecule has 0 saturated heterocycles. The molecule has 11 aromatic rings. The standard InChI is InChI=1S/C60H36N2O/c1-3-17-37(18-4-1)54-36-55(62-58(61-54)38-19-5-2-6-20-38)39-31-32-42-44-35-57-45(43-23-9-16-30-56(43)63-57)34-53(44)60(52(42)33-39)50-28-14-12-26-48(50)59(49-27-13-15-29-51(49)60)46-24-10-7-21-40(46)41-22-8-11-25-47(41)59/h1-36H. The monoisotopic (exact) mass is 800 g/mol.